The van der Waals surface area contributed by atoms with E-state index in [4.69, 9.17) is 10.5 Å². The summed E-state index contributed by atoms with van der Waals surface area (Å²) in [6, 6.07) is 5.45. The number of nitrogen functional groups attached to an aromatic ring is 1. The number of hydrogen-bond acceptors (Lipinski definition) is 4. The lowest BCUT2D eigenvalue weighted by Gasteiger charge is -2.14. The maximum atomic E-state index is 11.8. The van der Waals surface area contributed by atoms with Crippen LogP contribution in [0.3, 0.4) is 0 Å². The number of ether oxygens (including phenoxy) is 1. The Bertz CT molecular complexity index is 474. The number of benzene rings is 1. The molecule has 1 aliphatic carbocycles. The van der Waals surface area contributed by atoms with Gasteiger partial charge in [-0.25, -0.2) is 4.79 Å². The topological polar surface area (TPSA) is 64.3 Å². The summed E-state index contributed by atoms with van der Waals surface area (Å²) in [5.74, 6) is 1.21. The van der Waals surface area contributed by atoms with Crippen LogP contribution in [0.5, 0.6) is 0 Å². The van der Waals surface area contributed by atoms with E-state index >= 15 is 0 Å². The van der Waals surface area contributed by atoms with Crippen LogP contribution in [0.15, 0.2) is 18.2 Å². The summed E-state index contributed by atoms with van der Waals surface area (Å²) in [5.41, 5.74) is 7.66. The lowest BCUT2D eigenvalue weighted by Crippen LogP contribution is -2.13. The number of carbonyl (C=O) groups excluding carboxylic acids is 1. The number of rotatable bonds is 5. The van der Waals surface area contributed by atoms with Crippen LogP contribution in [-0.2, 0) is 4.74 Å². The fraction of sp³-hybridized carbons (Fsp3) is 0.562. The van der Waals surface area contributed by atoms with Gasteiger partial charge >= 0.3 is 5.97 Å². The third-order valence-corrected chi connectivity index (χ3v) is 3.95. The Morgan fingerprint density at radius 3 is 2.90 bits per heavy atom. The molecule has 2 rings (SSSR count). The molecule has 1 fully saturated rings. The molecule has 4 nitrogen and oxygen atoms in total. The Labute approximate surface area is 120 Å². The molecule has 0 aliphatic heterocycles. The lowest BCUT2D eigenvalue weighted by atomic mass is 10.1. The summed E-state index contributed by atoms with van der Waals surface area (Å²) in [5, 5.41) is 3.41. The van der Waals surface area contributed by atoms with Gasteiger partial charge < -0.3 is 15.8 Å². The summed E-state index contributed by atoms with van der Waals surface area (Å²) in [6.45, 7) is 5.41. The van der Waals surface area contributed by atoms with Gasteiger partial charge in [-0.15, -0.1) is 0 Å². The first kappa shape index (κ1) is 14.7. The fourth-order valence-corrected chi connectivity index (χ4v) is 2.82. The molecule has 0 bridgehead atoms. The van der Waals surface area contributed by atoms with E-state index in [0.717, 1.165) is 24.1 Å². The van der Waals surface area contributed by atoms with Crippen molar-refractivity contribution in [3.8, 4) is 0 Å². The summed E-state index contributed by atoms with van der Waals surface area (Å²) in [4.78, 5) is 11.8. The molecule has 4 heteroatoms. The van der Waals surface area contributed by atoms with Gasteiger partial charge in [0.25, 0.3) is 0 Å². The highest BCUT2D eigenvalue weighted by Crippen LogP contribution is 2.30. The Kier molecular flexibility index (Phi) is 4.88. The van der Waals surface area contributed by atoms with E-state index in [1.807, 2.05) is 6.07 Å². The average Bonchev–Trinajstić information content (AvgIpc) is 2.84. The van der Waals surface area contributed by atoms with E-state index in [2.05, 4.69) is 12.2 Å². The van der Waals surface area contributed by atoms with Gasteiger partial charge in [0.05, 0.1) is 12.2 Å². The molecule has 0 heterocycles. The van der Waals surface area contributed by atoms with Crippen LogP contribution in [0.25, 0.3) is 0 Å². The number of carbonyl (C=O) groups is 1. The maximum absolute atomic E-state index is 11.8. The monoisotopic (exact) mass is 276 g/mol. The number of esters is 1. The van der Waals surface area contributed by atoms with Gasteiger partial charge in [-0.2, -0.15) is 0 Å². The standard InChI is InChI=1S/C16H24N2O2/c1-3-20-16(19)14-9-13(6-7-15(14)17)18-10-12-5-4-11(2)8-12/h6-7,9,11-12,18H,3-5,8,10,17H2,1-2H3. The van der Waals surface area contributed by atoms with Crippen molar-refractivity contribution in [3.05, 3.63) is 23.8 Å². The van der Waals surface area contributed by atoms with Crippen molar-refractivity contribution in [2.75, 3.05) is 24.2 Å². The molecule has 0 saturated heterocycles. The molecular weight excluding hydrogens is 252 g/mol. The molecule has 0 amide bonds. The summed E-state index contributed by atoms with van der Waals surface area (Å²) in [7, 11) is 0. The quantitative estimate of drug-likeness (QED) is 0.640. The van der Waals surface area contributed by atoms with E-state index in [9.17, 15) is 4.79 Å². The molecule has 3 N–H and O–H groups in total. The van der Waals surface area contributed by atoms with Crippen LogP contribution in [-0.4, -0.2) is 19.1 Å². The van der Waals surface area contributed by atoms with Crippen LogP contribution in [0.1, 0.15) is 43.5 Å². The second-order valence-corrected chi connectivity index (χ2v) is 5.69. The molecule has 1 aliphatic rings. The molecule has 1 aromatic carbocycles. The van der Waals surface area contributed by atoms with Crippen molar-refractivity contribution in [3.63, 3.8) is 0 Å². The van der Waals surface area contributed by atoms with Crippen molar-refractivity contribution in [1.29, 1.82) is 0 Å². The highest BCUT2D eigenvalue weighted by molar-refractivity contribution is 5.96. The predicted octanol–water partition coefficient (Wildman–Crippen LogP) is 3.29. The van der Waals surface area contributed by atoms with Crippen molar-refractivity contribution in [2.24, 2.45) is 11.8 Å². The highest BCUT2D eigenvalue weighted by Gasteiger charge is 2.21. The van der Waals surface area contributed by atoms with Crippen molar-refractivity contribution >= 4 is 17.3 Å². The zero-order valence-electron chi connectivity index (χ0n) is 12.3. The van der Waals surface area contributed by atoms with Crippen LogP contribution < -0.4 is 11.1 Å². The minimum Gasteiger partial charge on any atom is -0.462 e. The molecule has 2 unspecified atom stereocenters. The van der Waals surface area contributed by atoms with Crippen LogP contribution in [0.4, 0.5) is 11.4 Å². The van der Waals surface area contributed by atoms with Crippen molar-refractivity contribution < 1.29 is 9.53 Å². The predicted molar refractivity (Wildman–Crippen MR) is 81.8 cm³/mol. The van der Waals surface area contributed by atoms with Gasteiger partial charge in [-0.05, 0) is 49.8 Å². The summed E-state index contributed by atoms with van der Waals surface area (Å²) >= 11 is 0. The second kappa shape index (κ2) is 6.64. The van der Waals surface area contributed by atoms with Crippen LogP contribution >= 0.6 is 0 Å². The van der Waals surface area contributed by atoms with Gasteiger partial charge in [0.2, 0.25) is 0 Å². The molecule has 0 aromatic heterocycles. The maximum Gasteiger partial charge on any atom is 0.340 e. The van der Waals surface area contributed by atoms with E-state index in [0.29, 0.717) is 17.9 Å². The molecule has 20 heavy (non-hydrogen) atoms. The van der Waals surface area contributed by atoms with Crippen molar-refractivity contribution in [1.82, 2.24) is 0 Å². The number of nitrogens with two attached hydrogens (primary N) is 1. The third kappa shape index (κ3) is 3.65. The Balaban J connectivity index is 1.98. The van der Waals surface area contributed by atoms with E-state index in [1.165, 1.54) is 19.3 Å². The highest BCUT2D eigenvalue weighted by atomic mass is 16.5. The molecule has 1 aromatic rings. The fourth-order valence-electron chi connectivity index (χ4n) is 2.82. The second-order valence-electron chi connectivity index (χ2n) is 5.69. The Morgan fingerprint density at radius 2 is 2.25 bits per heavy atom. The largest absolute Gasteiger partial charge is 0.462 e. The van der Waals surface area contributed by atoms with Crippen LogP contribution in [0, 0.1) is 11.8 Å². The Morgan fingerprint density at radius 1 is 1.45 bits per heavy atom. The summed E-state index contributed by atoms with van der Waals surface area (Å²) in [6.07, 6.45) is 3.89. The minimum atomic E-state index is -0.358. The first-order valence-electron chi connectivity index (χ1n) is 7.40. The van der Waals surface area contributed by atoms with Gasteiger partial charge in [0.1, 0.15) is 0 Å². The van der Waals surface area contributed by atoms with Gasteiger partial charge in [0, 0.05) is 17.9 Å². The minimum absolute atomic E-state index is 0.357. The van der Waals surface area contributed by atoms with Gasteiger partial charge in [-0.1, -0.05) is 13.3 Å². The average molecular weight is 276 g/mol. The third-order valence-electron chi connectivity index (χ3n) is 3.95. The smallest absolute Gasteiger partial charge is 0.340 e. The van der Waals surface area contributed by atoms with E-state index < -0.39 is 0 Å². The molecule has 0 radical (unpaired) electrons. The first-order chi connectivity index (χ1) is 9.60. The van der Waals surface area contributed by atoms with Gasteiger partial charge in [-0.3, -0.25) is 0 Å². The number of nitrogens with one attached hydrogen (secondary N) is 1. The van der Waals surface area contributed by atoms with E-state index in [-0.39, 0.29) is 5.97 Å². The SMILES string of the molecule is CCOC(=O)c1cc(NCC2CCC(C)C2)ccc1N. The molecule has 110 valence electrons. The molecule has 2 atom stereocenters. The molecule has 1 saturated carbocycles. The zero-order valence-corrected chi connectivity index (χ0v) is 12.3. The Hall–Kier alpha value is -1.71. The van der Waals surface area contributed by atoms with Gasteiger partial charge in [0.15, 0.2) is 0 Å². The summed E-state index contributed by atoms with van der Waals surface area (Å²) < 4.78 is 5.01. The number of anilines is 2. The zero-order chi connectivity index (χ0) is 14.5. The lowest BCUT2D eigenvalue weighted by molar-refractivity contribution is 0.0527. The van der Waals surface area contributed by atoms with E-state index in [1.54, 1.807) is 19.1 Å². The first-order valence-corrected chi connectivity index (χ1v) is 7.40. The molecule has 0 spiro atoms. The van der Waals surface area contributed by atoms with Crippen LogP contribution in [0.2, 0.25) is 0 Å². The molecular formula is C16H24N2O2. The van der Waals surface area contributed by atoms with Crippen molar-refractivity contribution in [2.45, 2.75) is 33.1 Å². The normalized spacial score (nSPS) is 21.7. The number of hydrogen-bond donors (Lipinski definition) is 2.